The zero-order valence-corrected chi connectivity index (χ0v) is 14.8. The molecular formula is C19H21NO8. The fourth-order valence-electron chi connectivity index (χ4n) is 2.88. The highest BCUT2D eigenvalue weighted by atomic mass is 16.7. The van der Waals surface area contributed by atoms with Crippen LogP contribution in [-0.2, 0) is 16.1 Å². The largest absolute Gasteiger partial charge is 0.462 e. The molecule has 3 N–H and O–H groups in total. The van der Waals surface area contributed by atoms with Gasteiger partial charge < -0.3 is 29.5 Å². The van der Waals surface area contributed by atoms with Crippen molar-refractivity contribution < 1.29 is 34.5 Å². The van der Waals surface area contributed by atoms with Crippen LogP contribution in [0.25, 0.3) is 0 Å². The number of nitrogens with zero attached hydrogens (tertiary/aromatic N) is 1. The first-order valence-electron chi connectivity index (χ1n) is 8.68. The van der Waals surface area contributed by atoms with Gasteiger partial charge in [-0.1, -0.05) is 30.3 Å². The van der Waals surface area contributed by atoms with Crippen LogP contribution in [0.3, 0.4) is 0 Å². The number of nitro groups is 1. The topological polar surface area (TPSA) is 132 Å². The number of aliphatic hydroxyl groups is 3. The van der Waals surface area contributed by atoms with E-state index in [4.69, 9.17) is 14.2 Å². The Labute approximate surface area is 160 Å². The standard InChI is InChI=1S/C19H21NO8/c21-10-15-16(22)17(23)18(26-11-12-4-2-1-3-5-12)19(28-15)27-14-8-6-13(7-9-14)20(24)25/h1-9,15-19,21-23H,10-11H2/t15-,16+,17+,18-,19+/m1/s1. The molecule has 0 radical (unpaired) electrons. The summed E-state index contributed by atoms with van der Waals surface area (Å²) in [6, 6.07) is 14.5. The molecule has 5 atom stereocenters. The second-order valence-corrected chi connectivity index (χ2v) is 6.34. The molecule has 0 spiro atoms. The van der Waals surface area contributed by atoms with Gasteiger partial charge in [0, 0.05) is 12.1 Å². The molecule has 0 bridgehead atoms. The van der Waals surface area contributed by atoms with Crippen LogP contribution < -0.4 is 4.74 Å². The molecule has 0 aliphatic carbocycles. The lowest BCUT2D eigenvalue weighted by molar-refractivity contribution is -0.384. The number of non-ortho nitro benzene ring substituents is 1. The zero-order chi connectivity index (χ0) is 20.1. The van der Waals surface area contributed by atoms with Gasteiger partial charge in [0.2, 0.25) is 6.29 Å². The van der Waals surface area contributed by atoms with E-state index in [0.717, 1.165) is 5.56 Å². The van der Waals surface area contributed by atoms with Crippen LogP contribution in [0, 0.1) is 10.1 Å². The molecule has 0 unspecified atom stereocenters. The summed E-state index contributed by atoms with van der Waals surface area (Å²) < 4.78 is 17.0. The first kappa shape index (κ1) is 20.2. The molecule has 9 heteroatoms. The van der Waals surface area contributed by atoms with Crippen molar-refractivity contribution >= 4 is 5.69 Å². The molecule has 3 rings (SSSR count). The molecule has 0 amide bonds. The molecule has 0 aromatic heterocycles. The molecule has 1 heterocycles. The summed E-state index contributed by atoms with van der Waals surface area (Å²) in [5.74, 6) is 0.254. The van der Waals surface area contributed by atoms with Gasteiger partial charge in [0.25, 0.3) is 5.69 Å². The van der Waals surface area contributed by atoms with Crippen molar-refractivity contribution in [3.05, 3.63) is 70.3 Å². The lowest BCUT2D eigenvalue weighted by Crippen LogP contribution is -2.60. The average Bonchev–Trinajstić information content (AvgIpc) is 2.71. The Kier molecular flexibility index (Phi) is 6.55. The second kappa shape index (κ2) is 9.09. The van der Waals surface area contributed by atoms with Crippen LogP contribution in [-0.4, -0.2) is 57.6 Å². The maximum atomic E-state index is 10.8. The molecule has 2 aromatic carbocycles. The summed E-state index contributed by atoms with van der Waals surface area (Å²) in [5, 5.41) is 40.7. The fourth-order valence-corrected chi connectivity index (χ4v) is 2.88. The molecule has 1 fully saturated rings. The van der Waals surface area contributed by atoms with E-state index in [1.54, 1.807) is 0 Å². The predicted octanol–water partition coefficient (Wildman–Crippen LogP) is 0.998. The van der Waals surface area contributed by atoms with Gasteiger partial charge in [-0.05, 0) is 17.7 Å². The minimum atomic E-state index is -1.36. The Morgan fingerprint density at radius 1 is 1.04 bits per heavy atom. The first-order chi connectivity index (χ1) is 13.5. The SMILES string of the molecule is O=[N+]([O-])c1ccc(O[C@H]2O[C@H](CO)[C@H](O)[C@H](O)[C@H]2OCc2ccccc2)cc1. The van der Waals surface area contributed by atoms with Gasteiger partial charge >= 0.3 is 0 Å². The third-order valence-corrected chi connectivity index (χ3v) is 4.41. The smallest absolute Gasteiger partial charge is 0.269 e. The predicted molar refractivity (Wildman–Crippen MR) is 96.5 cm³/mol. The molecule has 150 valence electrons. The normalized spacial score (nSPS) is 27.3. The molecule has 9 nitrogen and oxygen atoms in total. The number of ether oxygens (including phenoxy) is 3. The van der Waals surface area contributed by atoms with Gasteiger partial charge in [-0.15, -0.1) is 0 Å². The fraction of sp³-hybridized carbons (Fsp3) is 0.368. The summed E-state index contributed by atoms with van der Waals surface area (Å²) >= 11 is 0. The molecule has 1 aliphatic rings. The van der Waals surface area contributed by atoms with Gasteiger partial charge in [0.15, 0.2) is 0 Å². The summed E-state index contributed by atoms with van der Waals surface area (Å²) in [6.07, 6.45) is -5.97. The van der Waals surface area contributed by atoms with Gasteiger partial charge in [-0.3, -0.25) is 10.1 Å². The summed E-state index contributed by atoms with van der Waals surface area (Å²) in [7, 11) is 0. The summed E-state index contributed by atoms with van der Waals surface area (Å²) in [5.41, 5.74) is 0.750. The van der Waals surface area contributed by atoms with Crippen LogP contribution in [0.5, 0.6) is 5.75 Å². The van der Waals surface area contributed by atoms with Crippen molar-refractivity contribution in [2.45, 2.75) is 37.3 Å². The van der Waals surface area contributed by atoms with Gasteiger partial charge in [-0.25, -0.2) is 0 Å². The van der Waals surface area contributed by atoms with E-state index in [1.807, 2.05) is 30.3 Å². The van der Waals surface area contributed by atoms with Crippen LogP contribution in [0.2, 0.25) is 0 Å². The number of hydrogen-bond acceptors (Lipinski definition) is 8. The summed E-state index contributed by atoms with van der Waals surface area (Å²) in [4.78, 5) is 10.2. The van der Waals surface area contributed by atoms with Crippen LogP contribution in [0.15, 0.2) is 54.6 Å². The Balaban J connectivity index is 1.75. The minimum absolute atomic E-state index is 0.0996. The number of benzene rings is 2. The van der Waals surface area contributed by atoms with Crippen molar-refractivity contribution in [1.29, 1.82) is 0 Å². The van der Waals surface area contributed by atoms with Crippen LogP contribution in [0.1, 0.15) is 5.56 Å². The highest BCUT2D eigenvalue weighted by Gasteiger charge is 2.46. The van der Waals surface area contributed by atoms with E-state index >= 15 is 0 Å². The number of nitro benzene ring substituents is 1. The van der Waals surface area contributed by atoms with E-state index in [-0.39, 0.29) is 18.0 Å². The van der Waals surface area contributed by atoms with Gasteiger partial charge in [-0.2, -0.15) is 0 Å². The lowest BCUT2D eigenvalue weighted by Gasteiger charge is -2.41. The highest BCUT2D eigenvalue weighted by Crippen LogP contribution is 2.28. The minimum Gasteiger partial charge on any atom is -0.462 e. The quantitative estimate of drug-likeness (QED) is 0.470. The summed E-state index contributed by atoms with van der Waals surface area (Å²) in [6.45, 7) is -0.383. The maximum absolute atomic E-state index is 10.8. The molecule has 28 heavy (non-hydrogen) atoms. The van der Waals surface area contributed by atoms with Crippen LogP contribution >= 0.6 is 0 Å². The van der Waals surface area contributed by atoms with E-state index in [1.165, 1.54) is 24.3 Å². The maximum Gasteiger partial charge on any atom is 0.269 e. The third kappa shape index (κ3) is 4.64. The number of rotatable bonds is 7. The van der Waals surface area contributed by atoms with Gasteiger partial charge in [0.1, 0.15) is 30.2 Å². The second-order valence-electron chi connectivity index (χ2n) is 6.34. The Hall–Kier alpha value is -2.56. The Bertz CT molecular complexity index is 769. The Morgan fingerprint density at radius 3 is 2.32 bits per heavy atom. The Morgan fingerprint density at radius 2 is 1.71 bits per heavy atom. The zero-order valence-electron chi connectivity index (χ0n) is 14.8. The van der Waals surface area contributed by atoms with E-state index in [0.29, 0.717) is 0 Å². The molecule has 1 aliphatic heterocycles. The lowest BCUT2D eigenvalue weighted by atomic mass is 9.99. The van der Waals surface area contributed by atoms with Crippen molar-refractivity contribution in [1.82, 2.24) is 0 Å². The number of aliphatic hydroxyl groups excluding tert-OH is 3. The highest BCUT2D eigenvalue weighted by molar-refractivity contribution is 5.36. The van der Waals surface area contributed by atoms with Crippen molar-refractivity contribution in [2.24, 2.45) is 0 Å². The van der Waals surface area contributed by atoms with Crippen molar-refractivity contribution in [3.63, 3.8) is 0 Å². The molecular weight excluding hydrogens is 370 g/mol. The average molecular weight is 391 g/mol. The van der Waals surface area contributed by atoms with E-state index < -0.39 is 42.2 Å². The van der Waals surface area contributed by atoms with Crippen molar-refractivity contribution in [3.8, 4) is 5.75 Å². The van der Waals surface area contributed by atoms with Gasteiger partial charge in [0.05, 0.1) is 18.1 Å². The van der Waals surface area contributed by atoms with E-state index in [2.05, 4.69) is 0 Å². The molecule has 1 saturated heterocycles. The monoisotopic (exact) mass is 391 g/mol. The number of hydrogen-bond donors (Lipinski definition) is 3. The molecule has 0 saturated carbocycles. The van der Waals surface area contributed by atoms with E-state index in [9.17, 15) is 25.4 Å². The molecule has 2 aromatic rings. The first-order valence-corrected chi connectivity index (χ1v) is 8.68. The van der Waals surface area contributed by atoms with Crippen molar-refractivity contribution in [2.75, 3.05) is 6.61 Å². The van der Waals surface area contributed by atoms with Crippen LogP contribution in [0.4, 0.5) is 5.69 Å². The third-order valence-electron chi connectivity index (χ3n) is 4.41.